The predicted molar refractivity (Wildman–Crippen MR) is 101 cm³/mol. The molecule has 22 heavy (non-hydrogen) atoms. The fourth-order valence-electron chi connectivity index (χ4n) is 2.03. The van der Waals surface area contributed by atoms with E-state index >= 15 is 0 Å². The average Bonchev–Trinajstić information content (AvgIpc) is 2.75. The maximum Gasteiger partial charge on any atom is 0.191 e. The summed E-state index contributed by atoms with van der Waals surface area (Å²) in [6.07, 6.45) is 1.98. The van der Waals surface area contributed by atoms with E-state index in [4.69, 9.17) is 9.47 Å². The number of benzene rings is 1. The molecule has 6 heteroatoms. The van der Waals surface area contributed by atoms with Gasteiger partial charge in [0.05, 0.1) is 13.2 Å². The van der Waals surface area contributed by atoms with Crippen LogP contribution in [0.15, 0.2) is 23.2 Å². The number of guanidine groups is 1. The van der Waals surface area contributed by atoms with Gasteiger partial charge in [0.1, 0.15) is 0 Å². The molecular weight excluding hydrogens is 393 g/mol. The largest absolute Gasteiger partial charge is 0.490 e. The molecule has 1 aliphatic rings. The van der Waals surface area contributed by atoms with E-state index in [9.17, 15) is 0 Å². The molecule has 1 heterocycles. The Hall–Kier alpha value is -1.18. The highest BCUT2D eigenvalue weighted by atomic mass is 127. The van der Waals surface area contributed by atoms with Crippen LogP contribution in [-0.4, -0.2) is 32.3 Å². The third-order valence-electron chi connectivity index (χ3n) is 3.49. The summed E-state index contributed by atoms with van der Waals surface area (Å²) in [6, 6.07) is 6.46. The number of nitrogens with zero attached hydrogens (tertiary/aromatic N) is 1. The SMILES string of the molecule is CCC(C)NC(=NC)NCc1ccc2c(c1)OCCCO2.I. The third-order valence-corrected chi connectivity index (χ3v) is 3.49. The van der Waals surface area contributed by atoms with Crippen LogP contribution in [0.5, 0.6) is 11.5 Å². The molecule has 1 aromatic carbocycles. The van der Waals surface area contributed by atoms with Gasteiger partial charge in [-0.1, -0.05) is 13.0 Å². The summed E-state index contributed by atoms with van der Waals surface area (Å²) >= 11 is 0. The van der Waals surface area contributed by atoms with Crippen LogP contribution in [-0.2, 0) is 6.54 Å². The maximum absolute atomic E-state index is 5.71. The van der Waals surface area contributed by atoms with Crippen molar-refractivity contribution in [3.8, 4) is 11.5 Å². The first-order valence-electron chi connectivity index (χ1n) is 7.58. The van der Waals surface area contributed by atoms with E-state index in [-0.39, 0.29) is 24.0 Å². The summed E-state index contributed by atoms with van der Waals surface area (Å²) in [4.78, 5) is 4.23. The van der Waals surface area contributed by atoms with Gasteiger partial charge in [0.25, 0.3) is 0 Å². The van der Waals surface area contributed by atoms with Crippen LogP contribution in [0.2, 0.25) is 0 Å². The van der Waals surface area contributed by atoms with Gasteiger partial charge in [0, 0.05) is 26.1 Å². The highest BCUT2D eigenvalue weighted by Gasteiger charge is 2.11. The molecule has 0 aliphatic carbocycles. The van der Waals surface area contributed by atoms with Gasteiger partial charge in [0.2, 0.25) is 0 Å². The van der Waals surface area contributed by atoms with Crippen molar-refractivity contribution < 1.29 is 9.47 Å². The Balaban J connectivity index is 0.00000242. The number of hydrogen-bond acceptors (Lipinski definition) is 3. The van der Waals surface area contributed by atoms with Crippen molar-refractivity contribution in [1.82, 2.24) is 10.6 Å². The van der Waals surface area contributed by atoms with Crippen molar-refractivity contribution in [2.45, 2.75) is 39.3 Å². The molecule has 1 aliphatic heterocycles. The summed E-state index contributed by atoms with van der Waals surface area (Å²) in [5, 5.41) is 6.66. The summed E-state index contributed by atoms with van der Waals surface area (Å²) in [7, 11) is 1.78. The van der Waals surface area contributed by atoms with Crippen molar-refractivity contribution in [2.24, 2.45) is 4.99 Å². The molecule has 0 fully saturated rings. The maximum atomic E-state index is 5.71. The second kappa shape index (κ2) is 9.76. The number of rotatable bonds is 4. The molecule has 0 radical (unpaired) electrons. The number of nitrogens with one attached hydrogen (secondary N) is 2. The zero-order chi connectivity index (χ0) is 15.1. The van der Waals surface area contributed by atoms with Gasteiger partial charge in [-0.2, -0.15) is 0 Å². The highest BCUT2D eigenvalue weighted by molar-refractivity contribution is 14.0. The Morgan fingerprint density at radius 2 is 2.00 bits per heavy atom. The second-order valence-corrected chi connectivity index (χ2v) is 5.21. The summed E-state index contributed by atoms with van der Waals surface area (Å²) < 4.78 is 11.3. The average molecular weight is 419 g/mol. The summed E-state index contributed by atoms with van der Waals surface area (Å²) in [5.74, 6) is 2.48. The lowest BCUT2D eigenvalue weighted by Crippen LogP contribution is -2.41. The molecule has 0 saturated heterocycles. The molecule has 0 saturated carbocycles. The van der Waals surface area contributed by atoms with Crippen LogP contribution < -0.4 is 20.1 Å². The monoisotopic (exact) mass is 419 g/mol. The lowest BCUT2D eigenvalue weighted by atomic mass is 10.2. The van der Waals surface area contributed by atoms with E-state index in [0.29, 0.717) is 19.2 Å². The number of fused-ring (bicyclic) bond motifs is 1. The van der Waals surface area contributed by atoms with E-state index < -0.39 is 0 Å². The highest BCUT2D eigenvalue weighted by Crippen LogP contribution is 2.30. The lowest BCUT2D eigenvalue weighted by Gasteiger charge is -2.17. The van der Waals surface area contributed by atoms with Crippen molar-refractivity contribution in [1.29, 1.82) is 0 Å². The number of aliphatic imine (C=N–C) groups is 1. The molecule has 5 nitrogen and oxygen atoms in total. The number of ether oxygens (including phenoxy) is 2. The molecule has 124 valence electrons. The van der Waals surface area contributed by atoms with E-state index in [2.05, 4.69) is 35.5 Å². The minimum absolute atomic E-state index is 0. The van der Waals surface area contributed by atoms with Gasteiger partial charge in [-0.05, 0) is 31.0 Å². The second-order valence-electron chi connectivity index (χ2n) is 5.21. The topological polar surface area (TPSA) is 54.9 Å². The Labute approximate surface area is 149 Å². The fraction of sp³-hybridized carbons (Fsp3) is 0.562. The first-order valence-corrected chi connectivity index (χ1v) is 7.58. The van der Waals surface area contributed by atoms with Crippen molar-refractivity contribution >= 4 is 29.9 Å². The third kappa shape index (κ3) is 5.55. The Morgan fingerprint density at radius 3 is 2.68 bits per heavy atom. The smallest absolute Gasteiger partial charge is 0.191 e. The van der Waals surface area contributed by atoms with E-state index in [1.807, 2.05) is 12.1 Å². The Bertz CT molecular complexity index is 494. The molecule has 0 bridgehead atoms. The molecule has 1 unspecified atom stereocenters. The molecule has 1 aromatic rings. The molecule has 0 aromatic heterocycles. The van der Waals surface area contributed by atoms with Crippen molar-refractivity contribution in [3.05, 3.63) is 23.8 Å². The fourth-order valence-corrected chi connectivity index (χ4v) is 2.03. The summed E-state index contributed by atoms with van der Waals surface area (Å²) in [5.41, 5.74) is 1.14. The first kappa shape index (κ1) is 18.9. The number of hydrogen-bond donors (Lipinski definition) is 2. The van der Waals surface area contributed by atoms with Crippen LogP contribution in [0.1, 0.15) is 32.3 Å². The van der Waals surface area contributed by atoms with E-state index in [1.165, 1.54) is 0 Å². The van der Waals surface area contributed by atoms with Gasteiger partial charge < -0.3 is 20.1 Å². The molecule has 0 amide bonds. The van der Waals surface area contributed by atoms with Crippen LogP contribution in [0.3, 0.4) is 0 Å². The zero-order valence-electron chi connectivity index (χ0n) is 13.5. The van der Waals surface area contributed by atoms with Gasteiger partial charge in [-0.25, -0.2) is 0 Å². The van der Waals surface area contributed by atoms with Crippen LogP contribution in [0.4, 0.5) is 0 Å². The zero-order valence-corrected chi connectivity index (χ0v) is 15.8. The van der Waals surface area contributed by atoms with Crippen LogP contribution in [0, 0.1) is 0 Å². The van der Waals surface area contributed by atoms with Crippen LogP contribution >= 0.6 is 24.0 Å². The minimum Gasteiger partial charge on any atom is -0.490 e. The van der Waals surface area contributed by atoms with Crippen molar-refractivity contribution in [2.75, 3.05) is 20.3 Å². The Kier molecular flexibility index (Phi) is 8.37. The van der Waals surface area contributed by atoms with E-state index in [0.717, 1.165) is 42.5 Å². The van der Waals surface area contributed by atoms with Gasteiger partial charge in [-0.15, -0.1) is 24.0 Å². The van der Waals surface area contributed by atoms with Gasteiger partial charge in [0.15, 0.2) is 17.5 Å². The quantitative estimate of drug-likeness (QED) is 0.448. The first-order chi connectivity index (χ1) is 10.2. The van der Waals surface area contributed by atoms with Crippen LogP contribution in [0.25, 0.3) is 0 Å². The molecule has 2 N–H and O–H groups in total. The van der Waals surface area contributed by atoms with Gasteiger partial charge >= 0.3 is 0 Å². The predicted octanol–water partition coefficient (Wildman–Crippen LogP) is 2.93. The molecule has 2 rings (SSSR count). The van der Waals surface area contributed by atoms with Gasteiger partial charge in [-0.3, -0.25) is 4.99 Å². The number of halogens is 1. The van der Waals surface area contributed by atoms with E-state index in [1.54, 1.807) is 7.05 Å². The van der Waals surface area contributed by atoms with Crippen molar-refractivity contribution in [3.63, 3.8) is 0 Å². The Morgan fingerprint density at radius 1 is 1.27 bits per heavy atom. The minimum atomic E-state index is 0. The normalized spacial score (nSPS) is 15.3. The molecule has 1 atom stereocenters. The molecule has 0 spiro atoms. The molecular formula is C16H26IN3O2. The standard InChI is InChI=1S/C16H25N3O2.HI/c1-4-12(2)19-16(17-3)18-11-13-6-7-14-15(10-13)21-9-5-8-20-14;/h6-7,10,12H,4-5,8-9,11H2,1-3H3,(H2,17,18,19);1H. The lowest BCUT2D eigenvalue weighted by molar-refractivity contribution is 0.297. The summed E-state index contributed by atoms with van der Waals surface area (Å²) in [6.45, 7) is 6.42.